The van der Waals surface area contributed by atoms with Crippen LogP contribution >= 0.6 is 11.6 Å². The van der Waals surface area contributed by atoms with Crippen LogP contribution in [0.25, 0.3) is 0 Å². The summed E-state index contributed by atoms with van der Waals surface area (Å²) in [7, 11) is 0. The molecule has 1 N–H and O–H groups in total. The first kappa shape index (κ1) is 13.7. The highest BCUT2D eigenvalue weighted by Gasteiger charge is 2.01. The highest BCUT2D eigenvalue weighted by atomic mass is 35.5. The van der Waals surface area contributed by atoms with Crippen molar-refractivity contribution >= 4 is 17.3 Å². The van der Waals surface area contributed by atoms with Gasteiger partial charge in [0.05, 0.1) is 11.6 Å². The van der Waals surface area contributed by atoms with Crippen molar-refractivity contribution in [3.8, 4) is 5.75 Å². The molecule has 2 rings (SSSR count). The van der Waals surface area contributed by atoms with Gasteiger partial charge in [0.25, 0.3) is 0 Å². The van der Waals surface area contributed by atoms with Crippen LogP contribution in [-0.2, 0) is 0 Å². The van der Waals surface area contributed by atoms with Crippen LogP contribution in [0.3, 0.4) is 0 Å². The summed E-state index contributed by atoms with van der Waals surface area (Å²) in [5, 5.41) is 3.37. The molecule has 0 amide bonds. The van der Waals surface area contributed by atoms with E-state index in [0.29, 0.717) is 12.4 Å². The fourth-order valence-electron chi connectivity index (χ4n) is 1.62. The van der Waals surface area contributed by atoms with Gasteiger partial charge in [-0.25, -0.2) is 4.39 Å². The third-order valence-corrected chi connectivity index (χ3v) is 2.87. The molecule has 0 unspecified atom stereocenters. The van der Waals surface area contributed by atoms with Crippen molar-refractivity contribution in [3.63, 3.8) is 0 Å². The molecule has 0 fully saturated rings. The molecule has 0 saturated heterocycles. The second kappa shape index (κ2) is 7.00. The van der Waals surface area contributed by atoms with Gasteiger partial charge in [-0.05, 0) is 30.7 Å². The normalized spacial score (nSPS) is 10.2. The Morgan fingerprint density at radius 3 is 2.63 bits per heavy atom. The maximum Gasteiger partial charge on any atom is 0.142 e. The van der Waals surface area contributed by atoms with Crippen molar-refractivity contribution < 1.29 is 9.13 Å². The van der Waals surface area contributed by atoms with Crippen molar-refractivity contribution in [1.82, 2.24) is 0 Å². The van der Waals surface area contributed by atoms with Gasteiger partial charge < -0.3 is 10.1 Å². The third-order valence-electron chi connectivity index (χ3n) is 2.58. The molecule has 0 saturated carbocycles. The maximum absolute atomic E-state index is 12.9. The Kier molecular flexibility index (Phi) is 5.04. The Labute approximate surface area is 117 Å². The van der Waals surface area contributed by atoms with Crippen molar-refractivity contribution in [1.29, 1.82) is 0 Å². The van der Waals surface area contributed by atoms with E-state index >= 15 is 0 Å². The lowest BCUT2D eigenvalue weighted by Crippen LogP contribution is -2.07. The van der Waals surface area contributed by atoms with E-state index in [1.54, 1.807) is 6.07 Å². The van der Waals surface area contributed by atoms with Gasteiger partial charge >= 0.3 is 0 Å². The Bertz CT molecular complexity index is 519. The second-order valence-electron chi connectivity index (χ2n) is 4.07. The molecule has 2 aromatic rings. The molecule has 100 valence electrons. The van der Waals surface area contributed by atoms with Gasteiger partial charge in [0, 0.05) is 18.3 Å². The number of para-hydroxylation sites is 1. The lowest BCUT2D eigenvalue weighted by molar-refractivity contribution is 0.314. The topological polar surface area (TPSA) is 21.3 Å². The number of benzene rings is 2. The van der Waals surface area contributed by atoms with E-state index in [9.17, 15) is 4.39 Å². The molecule has 0 spiro atoms. The zero-order chi connectivity index (χ0) is 13.5. The SMILES string of the molecule is Fc1ccc(OCCCNc2ccccc2)cc1Cl. The summed E-state index contributed by atoms with van der Waals surface area (Å²) in [5.74, 6) is 0.158. The second-order valence-corrected chi connectivity index (χ2v) is 4.48. The smallest absolute Gasteiger partial charge is 0.142 e. The number of ether oxygens (including phenoxy) is 1. The fraction of sp³-hybridized carbons (Fsp3) is 0.200. The summed E-state index contributed by atoms with van der Waals surface area (Å²) >= 11 is 5.67. The monoisotopic (exact) mass is 279 g/mol. The Morgan fingerprint density at radius 1 is 1.11 bits per heavy atom. The summed E-state index contributed by atoms with van der Waals surface area (Å²) in [4.78, 5) is 0. The molecular weight excluding hydrogens is 265 g/mol. The van der Waals surface area contributed by atoms with E-state index in [-0.39, 0.29) is 5.02 Å². The molecule has 2 nitrogen and oxygen atoms in total. The number of anilines is 1. The summed E-state index contributed by atoms with van der Waals surface area (Å²) in [6, 6.07) is 14.3. The van der Waals surface area contributed by atoms with Crippen LogP contribution in [-0.4, -0.2) is 13.2 Å². The Morgan fingerprint density at radius 2 is 1.89 bits per heavy atom. The molecular formula is C15H15ClFNO. The van der Waals surface area contributed by atoms with E-state index in [1.807, 2.05) is 30.3 Å². The van der Waals surface area contributed by atoms with Crippen LogP contribution in [0.5, 0.6) is 5.75 Å². The van der Waals surface area contributed by atoms with Crippen molar-refractivity contribution in [3.05, 3.63) is 59.4 Å². The van der Waals surface area contributed by atoms with Gasteiger partial charge in [-0.3, -0.25) is 0 Å². The molecule has 0 aliphatic carbocycles. The van der Waals surface area contributed by atoms with E-state index in [4.69, 9.17) is 16.3 Å². The summed E-state index contributed by atoms with van der Waals surface area (Å²) in [6.07, 6.45) is 0.851. The minimum atomic E-state index is -0.431. The number of nitrogens with one attached hydrogen (secondary N) is 1. The molecule has 4 heteroatoms. The van der Waals surface area contributed by atoms with Crippen LogP contribution in [0, 0.1) is 5.82 Å². The fourth-order valence-corrected chi connectivity index (χ4v) is 1.79. The predicted molar refractivity (Wildman–Crippen MR) is 76.5 cm³/mol. The average Bonchev–Trinajstić information content (AvgIpc) is 2.43. The highest BCUT2D eigenvalue weighted by Crippen LogP contribution is 2.21. The van der Waals surface area contributed by atoms with Gasteiger partial charge in [-0.1, -0.05) is 29.8 Å². The average molecular weight is 280 g/mol. The molecule has 0 atom stereocenters. The lowest BCUT2D eigenvalue weighted by Gasteiger charge is -2.08. The molecule has 2 aromatic carbocycles. The van der Waals surface area contributed by atoms with Crippen LogP contribution in [0.1, 0.15) is 6.42 Å². The van der Waals surface area contributed by atoms with E-state index in [1.165, 1.54) is 12.1 Å². The van der Waals surface area contributed by atoms with Gasteiger partial charge in [-0.2, -0.15) is 0 Å². The number of hydrogen-bond acceptors (Lipinski definition) is 2. The molecule has 0 aliphatic heterocycles. The molecule has 0 aliphatic rings. The molecule has 19 heavy (non-hydrogen) atoms. The zero-order valence-corrected chi connectivity index (χ0v) is 11.2. The van der Waals surface area contributed by atoms with E-state index in [0.717, 1.165) is 18.7 Å². The van der Waals surface area contributed by atoms with Gasteiger partial charge in [0.1, 0.15) is 11.6 Å². The molecule has 0 bridgehead atoms. The minimum Gasteiger partial charge on any atom is -0.493 e. The number of rotatable bonds is 6. The zero-order valence-electron chi connectivity index (χ0n) is 10.4. The van der Waals surface area contributed by atoms with Crippen LogP contribution in [0.2, 0.25) is 5.02 Å². The van der Waals surface area contributed by atoms with Crippen LogP contribution in [0.4, 0.5) is 10.1 Å². The molecule has 0 heterocycles. The third kappa shape index (κ3) is 4.45. The highest BCUT2D eigenvalue weighted by molar-refractivity contribution is 6.30. The van der Waals surface area contributed by atoms with E-state index in [2.05, 4.69) is 5.32 Å². The van der Waals surface area contributed by atoms with Crippen molar-refractivity contribution in [2.24, 2.45) is 0 Å². The van der Waals surface area contributed by atoms with Gasteiger partial charge in [0.2, 0.25) is 0 Å². The van der Waals surface area contributed by atoms with Crippen LogP contribution in [0.15, 0.2) is 48.5 Å². The lowest BCUT2D eigenvalue weighted by atomic mass is 10.3. The largest absolute Gasteiger partial charge is 0.493 e. The summed E-state index contributed by atoms with van der Waals surface area (Å²) < 4.78 is 18.4. The standard InChI is InChI=1S/C15H15ClFNO/c16-14-11-13(7-8-15(14)17)19-10-4-9-18-12-5-2-1-3-6-12/h1-3,5-8,11,18H,4,9-10H2. The van der Waals surface area contributed by atoms with Crippen molar-refractivity contribution in [2.75, 3.05) is 18.5 Å². The quantitative estimate of drug-likeness (QED) is 0.793. The minimum absolute atomic E-state index is 0.0833. The number of hydrogen-bond donors (Lipinski definition) is 1. The maximum atomic E-state index is 12.9. The molecule has 0 radical (unpaired) electrons. The first-order valence-electron chi connectivity index (χ1n) is 6.12. The van der Waals surface area contributed by atoms with Crippen LogP contribution < -0.4 is 10.1 Å². The van der Waals surface area contributed by atoms with Gasteiger partial charge in [-0.15, -0.1) is 0 Å². The van der Waals surface area contributed by atoms with E-state index < -0.39 is 5.82 Å². The summed E-state index contributed by atoms with van der Waals surface area (Å²) in [5.41, 5.74) is 1.09. The first-order chi connectivity index (χ1) is 9.25. The van der Waals surface area contributed by atoms with Crippen molar-refractivity contribution in [2.45, 2.75) is 6.42 Å². The predicted octanol–water partition coefficient (Wildman–Crippen LogP) is 4.36. The van der Waals surface area contributed by atoms with Gasteiger partial charge in [0.15, 0.2) is 0 Å². The Hall–Kier alpha value is -1.74. The molecule has 0 aromatic heterocycles. The first-order valence-corrected chi connectivity index (χ1v) is 6.50. The Balaban J connectivity index is 1.68. The number of halogens is 2. The summed E-state index contributed by atoms with van der Waals surface area (Å²) in [6.45, 7) is 1.38.